The summed E-state index contributed by atoms with van der Waals surface area (Å²) in [7, 11) is 0. The summed E-state index contributed by atoms with van der Waals surface area (Å²) < 4.78 is 4.83. The van der Waals surface area contributed by atoms with Gasteiger partial charge in [-0.1, -0.05) is 23.2 Å². The van der Waals surface area contributed by atoms with Crippen molar-refractivity contribution in [2.75, 3.05) is 18.9 Å². The van der Waals surface area contributed by atoms with E-state index in [-0.39, 0.29) is 24.2 Å². The summed E-state index contributed by atoms with van der Waals surface area (Å²) in [5, 5.41) is 5.97. The first-order chi connectivity index (χ1) is 11.3. The van der Waals surface area contributed by atoms with Gasteiger partial charge in [0.2, 0.25) is 5.91 Å². The number of halogens is 2. The Morgan fingerprint density at radius 3 is 2.58 bits per heavy atom. The quantitative estimate of drug-likeness (QED) is 0.523. The van der Waals surface area contributed by atoms with Gasteiger partial charge in [0, 0.05) is 16.0 Å². The summed E-state index contributed by atoms with van der Waals surface area (Å²) in [5.41, 5.74) is 0. The van der Waals surface area contributed by atoms with Crippen LogP contribution in [0.15, 0.2) is 23.1 Å². The molecule has 0 aliphatic heterocycles. The van der Waals surface area contributed by atoms with E-state index >= 15 is 0 Å². The molecule has 0 saturated heterocycles. The van der Waals surface area contributed by atoms with E-state index in [0.717, 1.165) is 11.8 Å². The lowest BCUT2D eigenvalue weighted by Gasteiger charge is -2.09. The number of carbonyl (C=O) groups is 3. The number of ether oxygens (including phenoxy) is 1. The van der Waals surface area contributed by atoms with Gasteiger partial charge >= 0.3 is 5.97 Å². The predicted molar refractivity (Wildman–Crippen MR) is 94.4 cm³/mol. The maximum Gasteiger partial charge on any atom is 0.316 e. The fourth-order valence-electron chi connectivity index (χ4n) is 1.52. The van der Waals surface area contributed by atoms with Crippen LogP contribution >= 0.6 is 35.0 Å². The zero-order valence-corrected chi connectivity index (χ0v) is 15.6. The maximum absolute atomic E-state index is 11.6. The molecule has 0 aliphatic carbocycles. The van der Waals surface area contributed by atoms with Crippen LogP contribution in [0.2, 0.25) is 10.0 Å². The van der Waals surface area contributed by atoms with E-state index in [2.05, 4.69) is 10.6 Å². The van der Waals surface area contributed by atoms with Crippen LogP contribution in [0.5, 0.6) is 0 Å². The zero-order valence-electron chi connectivity index (χ0n) is 13.2. The summed E-state index contributed by atoms with van der Waals surface area (Å²) in [6, 6.07) is 4.91. The van der Waals surface area contributed by atoms with Crippen molar-refractivity contribution in [3.8, 4) is 0 Å². The third-order valence-electron chi connectivity index (χ3n) is 2.50. The number of esters is 1. The lowest BCUT2D eigenvalue weighted by molar-refractivity contribution is -0.146. The second-order valence-corrected chi connectivity index (χ2v) is 6.88. The van der Waals surface area contributed by atoms with E-state index in [4.69, 9.17) is 27.9 Å². The molecule has 2 N–H and O–H groups in total. The Bertz CT molecular complexity index is 611. The van der Waals surface area contributed by atoms with Crippen molar-refractivity contribution in [2.24, 2.45) is 0 Å². The minimum Gasteiger partial charge on any atom is -0.455 e. The molecular weight excluding hydrogens is 375 g/mol. The number of thioether (sulfide) groups is 1. The van der Waals surface area contributed by atoms with Gasteiger partial charge in [-0.3, -0.25) is 14.4 Å². The van der Waals surface area contributed by atoms with Crippen LogP contribution in [0.1, 0.15) is 13.8 Å². The van der Waals surface area contributed by atoms with Crippen molar-refractivity contribution in [3.63, 3.8) is 0 Å². The lowest BCUT2D eigenvalue weighted by Crippen LogP contribution is -2.41. The molecule has 0 unspecified atom stereocenters. The lowest BCUT2D eigenvalue weighted by atomic mass is 10.4. The Hall–Kier alpha value is -1.44. The molecule has 0 radical (unpaired) electrons. The highest BCUT2D eigenvalue weighted by atomic mass is 35.5. The van der Waals surface area contributed by atoms with Crippen LogP contribution in [0, 0.1) is 0 Å². The minimum atomic E-state index is -0.571. The first kappa shape index (κ1) is 20.6. The molecule has 9 heteroatoms. The number of amides is 2. The highest BCUT2D eigenvalue weighted by Crippen LogP contribution is 2.29. The Balaban J connectivity index is 2.27. The van der Waals surface area contributed by atoms with E-state index < -0.39 is 18.5 Å². The second kappa shape index (κ2) is 10.4. The molecule has 2 amide bonds. The topological polar surface area (TPSA) is 84.5 Å². The Labute approximate surface area is 154 Å². The average molecular weight is 393 g/mol. The van der Waals surface area contributed by atoms with Crippen LogP contribution in [0.25, 0.3) is 0 Å². The van der Waals surface area contributed by atoms with Crippen LogP contribution < -0.4 is 10.6 Å². The summed E-state index contributed by atoms with van der Waals surface area (Å²) in [6.07, 6.45) is 0. The first-order valence-electron chi connectivity index (χ1n) is 7.07. The molecular formula is C15H18Cl2N2O4S. The predicted octanol–water partition coefficient (Wildman–Crippen LogP) is 2.27. The number of hydrogen-bond acceptors (Lipinski definition) is 5. The highest BCUT2D eigenvalue weighted by molar-refractivity contribution is 8.00. The SMILES string of the molecule is CC(C)NC(=O)CNC(=O)COC(=O)CSc1cc(Cl)ccc1Cl. The molecule has 0 saturated carbocycles. The third-order valence-corrected chi connectivity index (χ3v) is 4.20. The van der Waals surface area contributed by atoms with Crippen molar-refractivity contribution in [3.05, 3.63) is 28.2 Å². The van der Waals surface area contributed by atoms with Crippen molar-refractivity contribution < 1.29 is 19.1 Å². The molecule has 24 heavy (non-hydrogen) atoms. The molecule has 1 aromatic carbocycles. The van der Waals surface area contributed by atoms with Crippen molar-refractivity contribution in [1.82, 2.24) is 10.6 Å². The molecule has 0 aromatic heterocycles. The largest absolute Gasteiger partial charge is 0.455 e. The van der Waals surface area contributed by atoms with E-state index in [1.54, 1.807) is 18.2 Å². The molecule has 0 aliphatic rings. The Morgan fingerprint density at radius 2 is 1.92 bits per heavy atom. The van der Waals surface area contributed by atoms with E-state index in [1.165, 1.54) is 0 Å². The molecule has 0 atom stereocenters. The zero-order chi connectivity index (χ0) is 18.1. The summed E-state index contributed by atoms with van der Waals surface area (Å²) in [5.74, 6) is -1.44. The summed E-state index contributed by atoms with van der Waals surface area (Å²) >= 11 is 13.0. The molecule has 6 nitrogen and oxygen atoms in total. The van der Waals surface area contributed by atoms with Gasteiger partial charge in [-0.2, -0.15) is 0 Å². The number of hydrogen-bond donors (Lipinski definition) is 2. The molecule has 0 heterocycles. The summed E-state index contributed by atoms with van der Waals surface area (Å²) in [6.45, 7) is 3.01. The number of benzene rings is 1. The van der Waals surface area contributed by atoms with E-state index in [0.29, 0.717) is 14.9 Å². The second-order valence-electron chi connectivity index (χ2n) is 5.02. The fourth-order valence-corrected chi connectivity index (χ4v) is 2.81. The highest BCUT2D eigenvalue weighted by Gasteiger charge is 2.11. The van der Waals surface area contributed by atoms with Crippen LogP contribution in [0.3, 0.4) is 0 Å². The molecule has 0 bridgehead atoms. The molecule has 0 fully saturated rings. The fraction of sp³-hybridized carbons (Fsp3) is 0.400. The van der Waals surface area contributed by atoms with Crippen LogP contribution in [-0.2, 0) is 19.1 Å². The molecule has 1 aromatic rings. The molecule has 1 rings (SSSR count). The van der Waals surface area contributed by atoms with Gasteiger partial charge in [-0.15, -0.1) is 11.8 Å². The maximum atomic E-state index is 11.6. The van der Waals surface area contributed by atoms with E-state index in [9.17, 15) is 14.4 Å². The number of nitrogens with one attached hydrogen (secondary N) is 2. The van der Waals surface area contributed by atoms with Crippen molar-refractivity contribution >= 4 is 52.7 Å². The van der Waals surface area contributed by atoms with E-state index in [1.807, 2.05) is 13.8 Å². The Morgan fingerprint density at radius 1 is 1.21 bits per heavy atom. The van der Waals surface area contributed by atoms with Crippen LogP contribution in [-0.4, -0.2) is 42.7 Å². The van der Waals surface area contributed by atoms with Gasteiger partial charge in [0.25, 0.3) is 5.91 Å². The van der Waals surface area contributed by atoms with Crippen molar-refractivity contribution in [2.45, 2.75) is 24.8 Å². The monoisotopic (exact) mass is 392 g/mol. The Kier molecular flexibility index (Phi) is 8.95. The van der Waals surface area contributed by atoms with Gasteiger partial charge in [-0.05, 0) is 32.0 Å². The molecule has 0 spiro atoms. The number of rotatable bonds is 8. The van der Waals surface area contributed by atoms with Crippen molar-refractivity contribution in [1.29, 1.82) is 0 Å². The number of carbonyl (C=O) groups excluding carboxylic acids is 3. The third kappa shape index (κ3) is 8.42. The summed E-state index contributed by atoms with van der Waals surface area (Å²) in [4.78, 5) is 35.1. The first-order valence-corrected chi connectivity index (χ1v) is 8.81. The van der Waals surface area contributed by atoms with Gasteiger partial charge < -0.3 is 15.4 Å². The standard InChI is InChI=1S/C15H18Cl2N2O4S/c1-9(2)19-13(20)6-18-14(21)7-23-15(22)8-24-12-5-10(16)3-4-11(12)17/h3-5,9H,6-8H2,1-2H3,(H,18,21)(H,19,20). The minimum absolute atomic E-state index is 0.0115. The van der Waals surface area contributed by atoms with Crippen LogP contribution in [0.4, 0.5) is 0 Å². The van der Waals surface area contributed by atoms with Gasteiger partial charge in [0.05, 0.1) is 17.3 Å². The van der Waals surface area contributed by atoms with Gasteiger partial charge in [0.1, 0.15) is 0 Å². The van der Waals surface area contributed by atoms with Gasteiger partial charge in [0.15, 0.2) is 6.61 Å². The smallest absolute Gasteiger partial charge is 0.316 e. The molecule has 132 valence electrons. The average Bonchev–Trinajstić information content (AvgIpc) is 2.51. The normalized spacial score (nSPS) is 10.4. The van der Waals surface area contributed by atoms with Gasteiger partial charge in [-0.25, -0.2) is 0 Å².